The second-order valence-corrected chi connectivity index (χ2v) is 7.81. The molecule has 0 unspecified atom stereocenters. The molecule has 28 heavy (non-hydrogen) atoms. The summed E-state index contributed by atoms with van der Waals surface area (Å²) >= 11 is 5.87. The largest absolute Gasteiger partial charge is 0.497 e. The molecule has 5 heteroatoms. The smallest absolute Gasteiger partial charge is 0.173 e. The topological polar surface area (TPSA) is 33.7 Å². The van der Waals surface area contributed by atoms with E-state index in [0.29, 0.717) is 12.6 Å². The van der Waals surface area contributed by atoms with Crippen molar-refractivity contribution in [1.29, 1.82) is 0 Å². The Morgan fingerprint density at radius 2 is 1.86 bits per heavy atom. The summed E-state index contributed by atoms with van der Waals surface area (Å²) in [5.41, 5.74) is 4.69. The van der Waals surface area contributed by atoms with E-state index in [4.69, 9.17) is 21.7 Å². The molecule has 0 aromatic heterocycles. The first-order valence-corrected chi connectivity index (χ1v) is 10.3. The number of methoxy groups -OCH3 is 2. The third-order valence-corrected chi connectivity index (χ3v) is 6.04. The number of aryl methyl sites for hydroxylation is 1. The highest BCUT2D eigenvalue weighted by Crippen LogP contribution is 2.30. The summed E-state index contributed by atoms with van der Waals surface area (Å²) in [5, 5.41) is 4.28. The van der Waals surface area contributed by atoms with Crippen LogP contribution in [0.3, 0.4) is 0 Å². The van der Waals surface area contributed by atoms with Crippen LogP contribution in [0.25, 0.3) is 0 Å². The molecule has 150 valence electrons. The average molecular weight is 399 g/mol. The van der Waals surface area contributed by atoms with Crippen molar-refractivity contribution < 1.29 is 9.47 Å². The zero-order valence-electron chi connectivity index (χ0n) is 17.2. The van der Waals surface area contributed by atoms with Crippen molar-refractivity contribution >= 4 is 23.0 Å². The van der Waals surface area contributed by atoms with Gasteiger partial charge in [0, 0.05) is 29.9 Å². The van der Waals surface area contributed by atoms with Crippen LogP contribution in [0.15, 0.2) is 36.4 Å². The summed E-state index contributed by atoms with van der Waals surface area (Å²) in [6.45, 7) is 4.97. The van der Waals surface area contributed by atoms with Gasteiger partial charge in [-0.15, -0.1) is 0 Å². The number of hydrogen-bond acceptors (Lipinski definition) is 3. The van der Waals surface area contributed by atoms with Gasteiger partial charge in [0.2, 0.25) is 0 Å². The van der Waals surface area contributed by atoms with Crippen LogP contribution in [0, 0.1) is 13.8 Å². The maximum atomic E-state index is 5.87. The van der Waals surface area contributed by atoms with E-state index in [1.54, 1.807) is 14.2 Å². The molecule has 2 aromatic rings. The van der Waals surface area contributed by atoms with Crippen LogP contribution in [0.5, 0.6) is 11.5 Å². The van der Waals surface area contributed by atoms with E-state index in [2.05, 4.69) is 48.3 Å². The monoisotopic (exact) mass is 398 g/mol. The molecule has 0 radical (unpaired) electrons. The molecule has 0 bridgehead atoms. The molecule has 0 aliphatic heterocycles. The van der Waals surface area contributed by atoms with Crippen LogP contribution in [0.4, 0.5) is 5.69 Å². The first kappa shape index (κ1) is 20.5. The van der Waals surface area contributed by atoms with Crippen molar-refractivity contribution in [2.75, 3.05) is 19.5 Å². The van der Waals surface area contributed by atoms with Gasteiger partial charge in [0.15, 0.2) is 5.11 Å². The standard InChI is InChI=1S/C23H30N2O2S/c1-16-8-7-11-21(17(16)2)24-23(28)25(19-9-5-6-10-19)15-18-12-13-20(26-3)14-22(18)27-4/h7-8,11-14,19H,5-6,9-10,15H2,1-4H3,(H,24,28). The Labute approximate surface area is 173 Å². The van der Waals surface area contributed by atoms with E-state index in [-0.39, 0.29) is 0 Å². The molecule has 0 saturated heterocycles. The van der Waals surface area contributed by atoms with Gasteiger partial charge in [0.1, 0.15) is 11.5 Å². The first-order valence-electron chi connectivity index (χ1n) is 9.88. The average Bonchev–Trinajstić information content (AvgIpc) is 3.24. The Hall–Kier alpha value is -2.27. The SMILES string of the molecule is COc1ccc(CN(C(=S)Nc2cccc(C)c2C)C2CCCC2)c(OC)c1. The number of benzene rings is 2. The van der Waals surface area contributed by atoms with Gasteiger partial charge >= 0.3 is 0 Å². The highest BCUT2D eigenvalue weighted by molar-refractivity contribution is 7.80. The fourth-order valence-electron chi connectivity index (χ4n) is 3.82. The molecular formula is C23H30N2O2S. The number of rotatable bonds is 6. The van der Waals surface area contributed by atoms with E-state index in [1.807, 2.05) is 12.1 Å². The Morgan fingerprint density at radius 1 is 1.11 bits per heavy atom. The van der Waals surface area contributed by atoms with Gasteiger partial charge in [-0.05, 0) is 68.2 Å². The fraction of sp³-hybridized carbons (Fsp3) is 0.435. The van der Waals surface area contributed by atoms with Gasteiger partial charge in [-0.1, -0.05) is 25.0 Å². The Kier molecular flexibility index (Phi) is 6.79. The zero-order chi connectivity index (χ0) is 20.1. The molecule has 1 saturated carbocycles. The van der Waals surface area contributed by atoms with Gasteiger partial charge in [-0.2, -0.15) is 0 Å². The zero-order valence-corrected chi connectivity index (χ0v) is 18.1. The lowest BCUT2D eigenvalue weighted by Crippen LogP contribution is -2.41. The molecular weight excluding hydrogens is 368 g/mol. The van der Waals surface area contributed by atoms with Crippen molar-refractivity contribution in [3.63, 3.8) is 0 Å². The van der Waals surface area contributed by atoms with Crippen molar-refractivity contribution in [3.8, 4) is 11.5 Å². The van der Waals surface area contributed by atoms with Gasteiger partial charge in [0.05, 0.1) is 14.2 Å². The van der Waals surface area contributed by atoms with E-state index in [9.17, 15) is 0 Å². The highest BCUT2D eigenvalue weighted by atomic mass is 32.1. The van der Waals surface area contributed by atoms with Gasteiger partial charge in [0.25, 0.3) is 0 Å². The number of nitrogens with one attached hydrogen (secondary N) is 1. The van der Waals surface area contributed by atoms with E-state index < -0.39 is 0 Å². The summed E-state index contributed by atoms with van der Waals surface area (Å²) in [6, 6.07) is 12.7. The van der Waals surface area contributed by atoms with Gasteiger partial charge in [-0.25, -0.2) is 0 Å². The maximum Gasteiger partial charge on any atom is 0.173 e. The fourth-order valence-corrected chi connectivity index (χ4v) is 4.15. The third-order valence-electron chi connectivity index (χ3n) is 5.71. The van der Waals surface area contributed by atoms with Crippen LogP contribution in [0.2, 0.25) is 0 Å². The predicted molar refractivity (Wildman–Crippen MR) is 119 cm³/mol. The van der Waals surface area contributed by atoms with E-state index in [1.165, 1.54) is 36.8 Å². The molecule has 1 aliphatic rings. The van der Waals surface area contributed by atoms with Crippen LogP contribution in [-0.4, -0.2) is 30.3 Å². The first-order chi connectivity index (χ1) is 13.5. The highest BCUT2D eigenvalue weighted by Gasteiger charge is 2.26. The quantitative estimate of drug-likeness (QED) is 0.653. The molecule has 1 N–H and O–H groups in total. The summed E-state index contributed by atoms with van der Waals surface area (Å²) in [7, 11) is 3.37. The van der Waals surface area contributed by atoms with Crippen LogP contribution in [0.1, 0.15) is 42.4 Å². The lowest BCUT2D eigenvalue weighted by molar-refractivity contribution is 0.304. The van der Waals surface area contributed by atoms with Crippen molar-refractivity contribution in [2.45, 2.75) is 52.1 Å². The van der Waals surface area contributed by atoms with Crippen molar-refractivity contribution in [2.24, 2.45) is 0 Å². The maximum absolute atomic E-state index is 5.87. The molecule has 3 rings (SSSR count). The Bertz CT molecular complexity index is 831. The predicted octanol–water partition coefficient (Wildman–Crippen LogP) is 5.46. The number of nitrogens with zero attached hydrogens (tertiary/aromatic N) is 1. The minimum Gasteiger partial charge on any atom is -0.497 e. The number of anilines is 1. The van der Waals surface area contributed by atoms with Gasteiger partial charge in [-0.3, -0.25) is 0 Å². The molecule has 1 aliphatic carbocycles. The lowest BCUT2D eigenvalue weighted by Gasteiger charge is -2.32. The second-order valence-electron chi connectivity index (χ2n) is 7.42. The normalized spacial score (nSPS) is 14.0. The molecule has 0 atom stereocenters. The van der Waals surface area contributed by atoms with E-state index in [0.717, 1.165) is 27.9 Å². The summed E-state index contributed by atoms with van der Waals surface area (Å²) in [4.78, 5) is 2.33. The number of hydrogen-bond donors (Lipinski definition) is 1. The van der Waals surface area contributed by atoms with Crippen LogP contribution < -0.4 is 14.8 Å². The molecule has 4 nitrogen and oxygen atoms in total. The van der Waals surface area contributed by atoms with Crippen molar-refractivity contribution in [1.82, 2.24) is 4.90 Å². The van der Waals surface area contributed by atoms with Crippen molar-refractivity contribution in [3.05, 3.63) is 53.1 Å². The van der Waals surface area contributed by atoms with Gasteiger partial charge < -0.3 is 19.7 Å². The van der Waals surface area contributed by atoms with Crippen LogP contribution in [-0.2, 0) is 6.54 Å². The summed E-state index contributed by atoms with van der Waals surface area (Å²) in [6.07, 6.45) is 4.86. The number of ether oxygens (including phenoxy) is 2. The Morgan fingerprint density at radius 3 is 2.54 bits per heavy atom. The molecule has 2 aromatic carbocycles. The molecule has 1 fully saturated rings. The molecule has 0 amide bonds. The summed E-state index contributed by atoms with van der Waals surface area (Å²) in [5.74, 6) is 1.63. The summed E-state index contributed by atoms with van der Waals surface area (Å²) < 4.78 is 10.9. The lowest BCUT2D eigenvalue weighted by atomic mass is 10.1. The minimum absolute atomic E-state index is 0.455. The van der Waals surface area contributed by atoms with Crippen LogP contribution >= 0.6 is 12.2 Å². The van der Waals surface area contributed by atoms with E-state index >= 15 is 0 Å². The minimum atomic E-state index is 0.455. The Balaban J connectivity index is 1.85. The number of thiocarbonyl (C=S) groups is 1. The second kappa shape index (κ2) is 9.28. The molecule has 0 heterocycles. The third kappa shape index (κ3) is 4.58. The molecule has 0 spiro atoms.